The zero-order valence-corrected chi connectivity index (χ0v) is 17.0. The summed E-state index contributed by atoms with van der Waals surface area (Å²) in [6, 6.07) is 18.7. The summed E-state index contributed by atoms with van der Waals surface area (Å²) in [6.07, 6.45) is 2.67. The van der Waals surface area contributed by atoms with Crippen molar-refractivity contribution in [2.24, 2.45) is 4.99 Å². The summed E-state index contributed by atoms with van der Waals surface area (Å²) < 4.78 is 5.95. The standard InChI is InChI=1S/C24H21ClN2O2/c1-3-15(2)16-7-10-23-21(13-16)27-24(29-23)17-5-4-6-20(12-17)26-14-18-11-19(25)8-9-22(18)28/h4-15,28H,3H2,1-2H3/t15-/m1/s1. The van der Waals surface area contributed by atoms with Crippen molar-refractivity contribution in [1.29, 1.82) is 0 Å². The van der Waals surface area contributed by atoms with Crippen LogP contribution in [0.2, 0.25) is 5.02 Å². The molecule has 0 amide bonds. The lowest BCUT2D eigenvalue weighted by Gasteiger charge is -2.07. The Hall–Kier alpha value is -3.11. The van der Waals surface area contributed by atoms with E-state index in [1.165, 1.54) is 5.56 Å². The van der Waals surface area contributed by atoms with Gasteiger partial charge in [0.2, 0.25) is 5.89 Å². The van der Waals surface area contributed by atoms with Gasteiger partial charge in [-0.05, 0) is 66.4 Å². The van der Waals surface area contributed by atoms with Crippen molar-refractivity contribution in [2.75, 3.05) is 0 Å². The first-order valence-electron chi connectivity index (χ1n) is 9.57. The van der Waals surface area contributed by atoms with Crippen LogP contribution in [0.3, 0.4) is 0 Å². The van der Waals surface area contributed by atoms with E-state index in [4.69, 9.17) is 16.0 Å². The predicted molar refractivity (Wildman–Crippen MR) is 119 cm³/mol. The van der Waals surface area contributed by atoms with Crippen LogP contribution in [0.5, 0.6) is 5.75 Å². The number of oxazole rings is 1. The number of benzene rings is 3. The number of halogens is 1. The maximum Gasteiger partial charge on any atom is 0.227 e. The molecule has 1 heterocycles. The van der Waals surface area contributed by atoms with Crippen molar-refractivity contribution in [3.63, 3.8) is 0 Å². The van der Waals surface area contributed by atoms with Gasteiger partial charge < -0.3 is 9.52 Å². The molecule has 5 heteroatoms. The first kappa shape index (κ1) is 19.2. The van der Waals surface area contributed by atoms with Crippen molar-refractivity contribution >= 4 is 34.6 Å². The number of phenolic OH excluding ortho intramolecular Hbond substituents is 1. The monoisotopic (exact) mass is 404 g/mol. The SMILES string of the molecule is CC[C@@H](C)c1ccc2oc(-c3cccc(N=Cc4cc(Cl)ccc4O)c3)nc2c1. The predicted octanol–water partition coefficient (Wildman–Crippen LogP) is 7.12. The molecule has 0 aliphatic rings. The molecule has 0 aliphatic heterocycles. The number of rotatable bonds is 5. The maximum absolute atomic E-state index is 9.93. The van der Waals surface area contributed by atoms with Crippen LogP contribution in [0, 0.1) is 0 Å². The van der Waals surface area contributed by atoms with Gasteiger partial charge in [-0.3, -0.25) is 4.99 Å². The van der Waals surface area contributed by atoms with Gasteiger partial charge >= 0.3 is 0 Å². The van der Waals surface area contributed by atoms with E-state index >= 15 is 0 Å². The Bertz CT molecular complexity index is 1200. The molecule has 0 spiro atoms. The number of hydrogen-bond donors (Lipinski definition) is 1. The minimum absolute atomic E-state index is 0.130. The molecule has 0 aliphatic carbocycles. The zero-order chi connectivity index (χ0) is 20.4. The molecule has 0 radical (unpaired) electrons. The van der Waals surface area contributed by atoms with Crippen LogP contribution in [0.25, 0.3) is 22.6 Å². The minimum Gasteiger partial charge on any atom is -0.507 e. The Morgan fingerprint density at radius 3 is 2.83 bits per heavy atom. The summed E-state index contributed by atoms with van der Waals surface area (Å²) in [6.45, 7) is 4.39. The van der Waals surface area contributed by atoms with E-state index in [1.807, 2.05) is 30.3 Å². The van der Waals surface area contributed by atoms with Crippen molar-refractivity contribution in [3.8, 4) is 17.2 Å². The van der Waals surface area contributed by atoms with Gasteiger partial charge in [-0.15, -0.1) is 0 Å². The van der Waals surface area contributed by atoms with Gasteiger partial charge in [0.05, 0.1) is 5.69 Å². The van der Waals surface area contributed by atoms with Crippen LogP contribution in [-0.4, -0.2) is 16.3 Å². The highest BCUT2D eigenvalue weighted by Gasteiger charge is 2.11. The molecular formula is C24H21ClN2O2. The highest BCUT2D eigenvalue weighted by atomic mass is 35.5. The quantitative estimate of drug-likeness (QED) is 0.360. The second-order valence-corrected chi connectivity index (χ2v) is 7.50. The molecule has 1 N–H and O–H groups in total. The molecule has 4 aromatic rings. The van der Waals surface area contributed by atoms with Crippen molar-refractivity contribution < 1.29 is 9.52 Å². The highest BCUT2D eigenvalue weighted by molar-refractivity contribution is 6.30. The molecule has 0 saturated heterocycles. The average Bonchev–Trinajstić information content (AvgIpc) is 3.17. The molecule has 146 valence electrons. The zero-order valence-electron chi connectivity index (χ0n) is 16.3. The number of phenols is 1. The van der Waals surface area contributed by atoms with E-state index in [2.05, 4.69) is 36.0 Å². The number of aliphatic imine (C=N–C) groups is 1. The van der Waals surface area contributed by atoms with Crippen LogP contribution in [-0.2, 0) is 0 Å². The molecule has 0 unspecified atom stereocenters. The fourth-order valence-electron chi connectivity index (χ4n) is 3.10. The number of aromatic nitrogens is 1. The molecule has 1 atom stereocenters. The lowest BCUT2D eigenvalue weighted by atomic mass is 9.98. The van der Waals surface area contributed by atoms with Crippen LogP contribution in [0.1, 0.15) is 37.3 Å². The van der Waals surface area contributed by atoms with E-state index < -0.39 is 0 Å². The third kappa shape index (κ3) is 4.17. The lowest BCUT2D eigenvalue weighted by Crippen LogP contribution is -1.90. The Labute approximate surface area is 174 Å². The van der Waals surface area contributed by atoms with Gasteiger partial charge in [-0.25, -0.2) is 4.98 Å². The molecule has 0 saturated carbocycles. The van der Waals surface area contributed by atoms with Gasteiger partial charge in [-0.1, -0.05) is 37.6 Å². The Balaban J connectivity index is 1.64. The molecule has 4 rings (SSSR count). The molecule has 29 heavy (non-hydrogen) atoms. The highest BCUT2D eigenvalue weighted by Crippen LogP contribution is 2.30. The molecule has 0 bridgehead atoms. The second-order valence-electron chi connectivity index (χ2n) is 7.07. The minimum atomic E-state index is 0.130. The summed E-state index contributed by atoms with van der Waals surface area (Å²) in [7, 11) is 0. The van der Waals surface area contributed by atoms with Crippen LogP contribution >= 0.6 is 11.6 Å². The third-order valence-electron chi connectivity index (χ3n) is 5.03. The lowest BCUT2D eigenvalue weighted by molar-refractivity contribution is 0.474. The van der Waals surface area contributed by atoms with Crippen molar-refractivity contribution in [2.45, 2.75) is 26.2 Å². The van der Waals surface area contributed by atoms with E-state index in [0.29, 0.717) is 22.4 Å². The Morgan fingerprint density at radius 1 is 1.14 bits per heavy atom. The molecule has 1 aromatic heterocycles. The van der Waals surface area contributed by atoms with E-state index in [9.17, 15) is 5.11 Å². The van der Waals surface area contributed by atoms with Crippen molar-refractivity contribution in [3.05, 3.63) is 76.8 Å². The largest absolute Gasteiger partial charge is 0.507 e. The van der Waals surface area contributed by atoms with Crippen molar-refractivity contribution in [1.82, 2.24) is 4.98 Å². The fraction of sp³-hybridized carbons (Fsp3) is 0.167. The molecule has 0 fully saturated rings. The topological polar surface area (TPSA) is 58.6 Å². The first-order valence-corrected chi connectivity index (χ1v) is 9.95. The maximum atomic E-state index is 9.93. The van der Waals surface area contributed by atoms with Crippen LogP contribution in [0.15, 0.2) is 70.1 Å². The third-order valence-corrected chi connectivity index (χ3v) is 5.26. The first-order chi connectivity index (χ1) is 14.0. The van der Waals surface area contributed by atoms with Gasteiger partial charge in [0, 0.05) is 22.4 Å². The van der Waals surface area contributed by atoms with Gasteiger partial charge in [-0.2, -0.15) is 0 Å². The van der Waals surface area contributed by atoms with Crippen LogP contribution in [0.4, 0.5) is 5.69 Å². The smallest absolute Gasteiger partial charge is 0.227 e. The van der Waals surface area contributed by atoms with E-state index in [-0.39, 0.29) is 5.75 Å². The summed E-state index contributed by atoms with van der Waals surface area (Å²) in [4.78, 5) is 9.12. The second kappa shape index (κ2) is 8.10. The average molecular weight is 405 g/mol. The molecule has 4 nitrogen and oxygen atoms in total. The number of hydrogen-bond acceptors (Lipinski definition) is 4. The normalized spacial score (nSPS) is 12.7. The van der Waals surface area contributed by atoms with Gasteiger partial charge in [0.15, 0.2) is 5.58 Å². The summed E-state index contributed by atoms with van der Waals surface area (Å²) >= 11 is 5.99. The summed E-state index contributed by atoms with van der Waals surface area (Å²) in [5, 5.41) is 10.5. The molecule has 3 aromatic carbocycles. The van der Waals surface area contributed by atoms with Gasteiger partial charge in [0.1, 0.15) is 11.3 Å². The van der Waals surface area contributed by atoms with Gasteiger partial charge in [0.25, 0.3) is 0 Å². The molecular weight excluding hydrogens is 384 g/mol. The number of fused-ring (bicyclic) bond motifs is 1. The van der Waals surface area contributed by atoms with E-state index in [0.717, 1.165) is 28.8 Å². The van der Waals surface area contributed by atoms with Crippen LogP contribution < -0.4 is 0 Å². The Kier molecular flexibility index (Phi) is 5.36. The number of aromatic hydroxyl groups is 1. The van der Waals surface area contributed by atoms with E-state index in [1.54, 1.807) is 24.4 Å². The summed E-state index contributed by atoms with van der Waals surface area (Å²) in [5.74, 6) is 1.18. The summed E-state index contributed by atoms with van der Waals surface area (Å²) in [5.41, 5.74) is 5.02. The Morgan fingerprint density at radius 2 is 2.00 bits per heavy atom. The fourth-order valence-corrected chi connectivity index (χ4v) is 3.28. The number of nitrogens with zero attached hydrogens (tertiary/aromatic N) is 2.